The average molecular weight is 274 g/mol. The highest BCUT2D eigenvalue weighted by molar-refractivity contribution is 5.88. The number of carbonyl (C=O) groups excluding carboxylic acids is 1. The highest BCUT2D eigenvalue weighted by Crippen LogP contribution is 2.36. The van der Waals surface area contributed by atoms with Crippen LogP contribution in [0.4, 0.5) is 0 Å². The highest BCUT2D eigenvalue weighted by atomic mass is 16.2. The van der Waals surface area contributed by atoms with Gasteiger partial charge in [0.2, 0.25) is 5.91 Å². The molecule has 1 fully saturated rings. The van der Waals surface area contributed by atoms with Crippen LogP contribution in [0.15, 0.2) is 30.3 Å². The molecular weight excluding hydrogens is 248 g/mol. The molecule has 0 aromatic heterocycles. The number of nitrogens with one attached hydrogen (secondary N) is 1. The van der Waals surface area contributed by atoms with E-state index in [0.717, 1.165) is 32.5 Å². The molecule has 1 aromatic carbocycles. The maximum Gasteiger partial charge on any atom is 0.233 e. The Kier molecular flexibility index (Phi) is 4.81. The monoisotopic (exact) mass is 274 g/mol. The van der Waals surface area contributed by atoms with Crippen LogP contribution in [0.1, 0.15) is 39.2 Å². The first kappa shape index (κ1) is 15.0. The van der Waals surface area contributed by atoms with Gasteiger partial charge in [0.1, 0.15) is 0 Å². The van der Waals surface area contributed by atoms with E-state index in [-0.39, 0.29) is 11.5 Å². The summed E-state index contributed by atoms with van der Waals surface area (Å²) in [6, 6.07) is 10.6. The van der Waals surface area contributed by atoms with Crippen molar-refractivity contribution in [1.82, 2.24) is 10.2 Å². The number of hydrogen-bond donors (Lipinski definition) is 1. The minimum absolute atomic E-state index is 0.253. The Balaban J connectivity index is 2.39. The first-order chi connectivity index (χ1) is 9.62. The number of piperidine rings is 1. The van der Waals surface area contributed by atoms with Crippen molar-refractivity contribution >= 4 is 5.91 Å². The van der Waals surface area contributed by atoms with Crippen molar-refractivity contribution in [2.75, 3.05) is 19.6 Å². The average Bonchev–Trinajstić information content (AvgIpc) is 2.49. The van der Waals surface area contributed by atoms with Gasteiger partial charge in [-0.05, 0) is 52.3 Å². The van der Waals surface area contributed by atoms with Crippen LogP contribution in [0.5, 0.6) is 0 Å². The van der Waals surface area contributed by atoms with Crippen LogP contribution in [-0.2, 0) is 10.2 Å². The quantitative estimate of drug-likeness (QED) is 0.915. The summed E-state index contributed by atoms with van der Waals surface area (Å²) in [6.07, 6.45) is 1.78. The SMILES string of the molecule is CCN(C(=O)C1(c2ccccc2)CCNCC1)C(C)C. The van der Waals surface area contributed by atoms with E-state index in [1.165, 1.54) is 5.56 Å². The van der Waals surface area contributed by atoms with Crippen molar-refractivity contribution in [1.29, 1.82) is 0 Å². The molecule has 1 saturated heterocycles. The number of likely N-dealkylation sites (N-methyl/N-ethyl adjacent to an activating group) is 1. The number of amides is 1. The lowest BCUT2D eigenvalue weighted by Gasteiger charge is -2.41. The van der Waals surface area contributed by atoms with Crippen LogP contribution in [0, 0.1) is 0 Å². The fourth-order valence-electron chi connectivity index (χ4n) is 3.25. The molecule has 1 aromatic rings. The minimum Gasteiger partial charge on any atom is -0.340 e. The maximum absolute atomic E-state index is 13.2. The third-order valence-electron chi connectivity index (χ3n) is 4.42. The van der Waals surface area contributed by atoms with Crippen LogP contribution in [-0.4, -0.2) is 36.5 Å². The molecule has 110 valence electrons. The highest BCUT2D eigenvalue weighted by Gasteiger charge is 2.43. The van der Waals surface area contributed by atoms with Crippen LogP contribution >= 0.6 is 0 Å². The van der Waals surface area contributed by atoms with Gasteiger partial charge in [-0.3, -0.25) is 4.79 Å². The van der Waals surface area contributed by atoms with Crippen LogP contribution < -0.4 is 5.32 Å². The van der Waals surface area contributed by atoms with Crippen molar-refractivity contribution in [3.8, 4) is 0 Å². The van der Waals surface area contributed by atoms with Crippen LogP contribution in [0.25, 0.3) is 0 Å². The van der Waals surface area contributed by atoms with Gasteiger partial charge >= 0.3 is 0 Å². The van der Waals surface area contributed by atoms with Gasteiger partial charge in [0.05, 0.1) is 5.41 Å². The number of nitrogens with zero attached hydrogens (tertiary/aromatic N) is 1. The fraction of sp³-hybridized carbons (Fsp3) is 0.588. The maximum atomic E-state index is 13.2. The topological polar surface area (TPSA) is 32.3 Å². The second-order valence-corrected chi connectivity index (χ2v) is 5.88. The summed E-state index contributed by atoms with van der Waals surface area (Å²) in [5.41, 5.74) is 0.831. The Labute approximate surface area is 122 Å². The summed E-state index contributed by atoms with van der Waals surface area (Å²) in [4.78, 5) is 15.2. The molecule has 0 saturated carbocycles. The molecule has 3 nitrogen and oxygen atoms in total. The van der Waals surface area contributed by atoms with E-state index in [1.54, 1.807) is 0 Å². The number of rotatable bonds is 4. The summed E-state index contributed by atoms with van der Waals surface area (Å²) in [5.74, 6) is 0.294. The van der Waals surface area contributed by atoms with Gasteiger partial charge in [-0.15, -0.1) is 0 Å². The summed E-state index contributed by atoms with van der Waals surface area (Å²) in [6.45, 7) is 8.87. The van der Waals surface area contributed by atoms with E-state index in [1.807, 2.05) is 23.1 Å². The summed E-state index contributed by atoms with van der Waals surface area (Å²) < 4.78 is 0. The lowest BCUT2D eigenvalue weighted by atomic mass is 9.72. The molecule has 1 N–H and O–H groups in total. The minimum atomic E-state index is -0.340. The molecular formula is C17H26N2O. The zero-order valence-corrected chi connectivity index (χ0v) is 12.9. The molecule has 1 aliphatic rings. The predicted molar refractivity (Wildman–Crippen MR) is 82.7 cm³/mol. The molecule has 3 heteroatoms. The summed E-state index contributed by atoms with van der Waals surface area (Å²) in [7, 11) is 0. The number of hydrogen-bond acceptors (Lipinski definition) is 2. The molecule has 0 unspecified atom stereocenters. The van der Waals surface area contributed by atoms with Crippen molar-refractivity contribution in [3.63, 3.8) is 0 Å². The van der Waals surface area contributed by atoms with E-state index >= 15 is 0 Å². The first-order valence-corrected chi connectivity index (χ1v) is 7.69. The van der Waals surface area contributed by atoms with E-state index in [2.05, 4.69) is 38.2 Å². The third kappa shape index (κ3) is 2.73. The Bertz CT molecular complexity index is 436. The predicted octanol–water partition coefficient (Wildman–Crippen LogP) is 2.56. The van der Waals surface area contributed by atoms with Gasteiger partial charge in [-0.1, -0.05) is 30.3 Å². The smallest absolute Gasteiger partial charge is 0.233 e. The molecule has 1 aliphatic heterocycles. The van der Waals surface area contributed by atoms with Crippen molar-refractivity contribution in [2.45, 2.75) is 45.1 Å². The number of carbonyl (C=O) groups is 1. The normalized spacial score (nSPS) is 18.0. The van der Waals surface area contributed by atoms with Crippen molar-refractivity contribution in [3.05, 3.63) is 35.9 Å². The van der Waals surface area contributed by atoms with Crippen molar-refractivity contribution < 1.29 is 4.79 Å². The van der Waals surface area contributed by atoms with E-state index in [0.29, 0.717) is 5.91 Å². The van der Waals surface area contributed by atoms with Crippen LogP contribution in [0.2, 0.25) is 0 Å². The molecule has 20 heavy (non-hydrogen) atoms. The first-order valence-electron chi connectivity index (χ1n) is 7.69. The standard InChI is InChI=1S/C17H26N2O/c1-4-19(14(2)3)16(20)17(10-12-18-13-11-17)15-8-6-5-7-9-15/h5-9,14,18H,4,10-13H2,1-3H3. The van der Waals surface area contributed by atoms with E-state index < -0.39 is 0 Å². The Morgan fingerprint density at radius 2 is 1.85 bits per heavy atom. The van der Waals surface area contributed by atoms with Crippen LogP contribution in [0.3, 0.4) is 0 Å². The van der Waals surface area contributed by atoms with E-state index in [4.69, 9.17) is 0 Å². The fourth-order valence-corrected chi connectivity index (χ4v) is 3.25. The molecule has 1 heterocycles. The van der Waals surface area contributed by atoms with Gasteiger partial charge in [0, 0.05) is 12.6 Å². The molecule has 0 spiro atoms. The molecule has 0 aliphatic carbocycles. The van der Waals surface area contributed by atoms with Gasteiger partial charge in [0.15, 0.2) is 0 Å². The second-order valence-electron chi connectivity index (χ2n) is 5.88. The third-order valence-corrected chi connectivity index (χ3v) is 4.42. The summed E-state index contributed by atoms with van der Waals surface area (Å²) >= 11 is 0. The Morgan fingerprint density at radius 1 is 1.25 bits per heavy atom. The zero-order valence-electron chi connectivity index (χ0n) is 12.9. The van der Waals surface area contributed by atoms with Crippen molar-refractivity contribution in [2.24, 2.45) is 0 Å². The molecule has 0 radical (unpaired) electrons. The van der Waals surface area contributed by atoms with Gasteiger partial charge in [0.25, 0.3) is 0 Å². The van der Waals surface area contributed by atoms with Gasteiger partial charge in [-0.2, -0.15) is 0 Å². The van der Waals surface area contributed by atoms with Gasteiger partial charge < -0.3 is 10.2 Å². The second kappa shape index (κ2) is 6.40. The molecule has 0 atom stereocenters. The molecule has 1 amide bonds. The zero-order chi connectivity index (χ0) is 14.6. The lowest BCUT2D eigenvalue weighted by molar-refractivity contribution is -0.140. The Hall–Kier alpha value is -1.35. The molecule has 2 rings (SSSR count). The number of benzene rings is 1. The lowest BCUT2D eigenvalue weighted by Crippen LogP contribution is -2.53. The van der Waals surface area contributed by atoms with Gasteiger partial charge in [-0.25, -0.2) is 0 Å². The van der Waals surface area contributed by atoms with E-state index in [9.17, 15) is 4.79 Å². The Morgan fingerprint density at radius 3 is 2.35 bits per heavy atom. The molecule has 0 bridgehead atoms. The summed E-state index contributed by atoms with van der Waals surface area (Å²) in [5, 5.41) is 3.38. The largest absolute Gasteiger partial charge is 0.340 e.